The van der Waals surface area contributed by atoms with Gasteiger partial charge < -0.3 is 15.5 Å². The second-order valence-electron chi connectivity index (χ2n) is 4.94. The van der Waals surface area contributed by atoms with Gasteiger partial charge in [0.15, 0.2) is 0 Å². The molecule has 1 saturated heterocycles. The highest BCUT2D eigenvalue weighted by Gasteiger charge is 2.15. The molecule has 1 aliphatic heterocycles. The van der Waals surface area contributed by atoms with Gasteiger partial charge in [-0.15, -0.1) is 0 Å². The topological polar surface area (TPSA) is 53.1 Å². The molecule has 5 nitrogen and oxygen atoms in total. The van der Waals surface area contributed by atoms with Gasteiger partial charge in [-0.05, 0) is 18.9 Å². The lowest BCUT2D eigenvalue weighted by Gasteiger charge is -2.23. The summed E-state index contributed by atoms with van der Waals surface area (Å²) >= 11 is 0. The predicted molar refractivity (Wildman–Crippen MR) is 75.1 cm³/mol. The van der Waals surface area contributed by atoms with Crippen molar-refractivity contribution in [1.29, 1.82) is 0 Å². The van der Waals surface area contributed by atoms with E-state index in [1.807, 2.05) is 6.07 Å². The molecular weight excluding hydrogens is 226 g/mol. The summed E-state index contributed by atoms with van der Waals surface area (Å²) in [5.41, 5.74) is 0. The molecule has 1 aliphatic rings. The Morgan fingerprint density at radius 3 is 3.22 bits per heavy atom. The molecule has 100 valence electrons. The van der Waals surface area contributed by atoms with E-state index in [0.29, 0.717) is 5.92 Å². The van der Waals surface area contributed by atoms with Gasteiger partial charge in [0, 0.05) is 32.2 Å². The number of hydrogen-bond acceptors (Lipinski definition) is 5. The molecule has 0 spiro atoms. The van der Waals surface area contributed by atoms with E-state index in [2.05, 4.69) is 39.3 Å². The summed E-state index contributed by atoms with van der Waals surface area (Å²) in [6, 6.07) is 2.05. The Bertz CT molecular complexity index is 368. The highest BCUT2D eigenvalue weighted by atomic mass is 15.2. The zero-order valence-corrected chi connectivity index (χ0v) is 11.3. The summed E-state index contributed by atoms with van der Waals surface area (Å²) < 4.78 is 0. The average Bonchev–Trinajstić information content (AvgIpc) is 2.61. The maximum Gasteiger partial charge on any atom is 0.134 e. The number of rotatable bonds is 4. The van der Waals surface area contributed by atoms with Crippen molar-refractivity contribution < 1.29 is 0 Å². The summed E-state index contributed by atoms with van der Waals surface area (Å²) in [5.74, 6) is 2.60. The summed E-state index contributed by atoms with van der Waals surface area (Å²) in [6.45, 7) is 9.54. The molecule has 1 aromatic rings. The third kappa shape index (κ3) is 3.57. The van der Waals surface area contributed by atoms with Crippen molar-refractivity contribution in [2.24, 2.45) is 5.92 Å². The molecule has 18 heavy (non-hydrogen) atoms. The number of anilines is 2. The van der Waals surface area contributed by atoms with Crippen LogP contribution in [0.15, 0.2) is 12.4 Å². The molecule has 0 saturated carbocycles. The van der Waals surface area contributed by atoms with Gasteiger partial charge in [0.2, 0.25) is 0 Å². The molecule has 0 aromatic carbocycles. The Hall–Kier alpha value is -1.36. The molecule has 2 heterocycles. The van der Waals surface area contributed by atoms with Crippen LogP contribution in [0.2, 0.25) is 0 Å². The highest BCUT2D eigenvalue weighted by molar-refractivity contribution is 5.48. The zero-order chi connectivity index (χ0) is 12.8. The van der Waals surface area contributed by atoms with Gasteiger partial charge in [0.1, 0.15) is 18.0 Å². The fourth-order valence-corrected chi connectivity index (χ4v) is 2.17. The van der Waals surface area contributed by atoms with Crippen LogP contribution >= 0.6 is 0 Å². The SMILES string of the molecule is CCCNc1cc(N2CCNCC(C)C2)ncn1. The van der Waals surface area contributed by atoms with E-state index < -0.39 is 0 Å². The first kappa shape index (κ1) is 13.1. The summed E-state index contributed by atoms with van der Waals surface area (Å²) in [5, 5.41) is 6.75. The van der Waals surface area contributed by atoms with Gasteiger partial charge >= 0.3 is 0 Å². The first-order valence-electron chi connectivity index (χ1n) is 6.81. The molecule has 1 fully saturated rings. The van der Waals surface area contributed by atoms with Crippen molar-refractivity contribution >= 4 is 11.6 Å². The number of nitrogens with one attached hydrogen (secondary N) is 2. The molecule has 1 atom stereocenters. The molecule has 0 radical (unpaired) electrons. The van der Waals surface area contributed by atoms with Crippen LogP contribution in [0.1, 0.15) is 20.3 Å². The molecule has 2 rings (SSSR count). The van der Waals surface area contributed by atoms with Gasteiger partial charge in [-0.25, -0.2) is 9.97 Å². The van der Waals surface area contributed by atoms with E-state index >= 15 is 0 Å². The molecular formula is C13H23N5. The molecule has 0 amide bonds. The Kier molecular flexibility index (Phi) is 4.75. The third-order valence-corrected chi connectivity index (χ3v) is 3.12. The Balaban J connectivity index is 2.06. The van der Waals surface area contributed by atoms with E-state index in [4.69, 9.17) is 0 Å². The number of aromatic nitrogens is 2. The van der Waals surface area contributed by atoms with Crippen LogP contribution in [0.3, 0.4) is 0 Å². The fourth-order valence-electron chi connectivity index (χ4n) is 2.17. The minimum absolute atomic E-state index is 0.648. The first-order valence-corrected chi connectivity index (χ1v) is 6.81. The van der Waals surface area contributed by atoms with Crippen molar-refractivity contribution in [2.45, 2.75) is 20.3 Å². The van der Waals surface area contributed by atoms with Gasteiger partial charge in [-0.2, -0.15) is 0 Å². The average molecular weight is 249 g/mol. The Labute approximate surface area is 109 Å². The third-order valence-electron chi connectivity index (χ3n) is 3.12. The van der Waals surface area contributed by atoms with Crippen LogP contribution < -0.4 is 15.5 Å². The van der Waals surface area contributed by atoms with Crippen LogP contribution in [-0.4, -0.2) is 42.7 Å². The lowest BCUT2D eigenvalue weighted by Crippen LogP contribution is -2.30. The molecule has 0 aliphatic carbocycles. The quantitative estimate of drug-likeness (QED) is 0.843. The van der Waals surface area contributed by atoms with Gasteiger partial charge in [-0.1, -0.05) is 13.8 Å². The Morgan fingerprint density at radius 1 is 1.50 bits per heavy atom. The van der Waals surface area contributed by atoms with Crippen LogP contribution in [0, 0.1) is 5.92 Å². The van der Waals surface area contributed by atoms with Crippen molar-refractivity contribution in [1.82, 2.24) is 15.3 Å². The summed E-state index contributed by atoms with van der Waals surface area (Å²) in [7, 11) is 0. The molecule has 1 aromatic heterocycles. The van der Waals surface area contributed by atoms with Crippen LogP contribution in [0.25, 0.3) is 0 Å². The van der Waals surface area contributed by atoms with Crippen LogP contribution in [0.5, 0.6) is 0 Å². The van der Waals surface area contributed by atoms with Crippen molar-refractivity contribution in [2.75, 3.05) is 42.9 Å². The van der Waals surface area contributed by atoms with Crippen molar-refractivity contribution in [3.05, 3.63) is 12.4 Å². The second kappa shape index (κ2) is 6.54. The Morgan fingerprint density at radius 2 is 2.39 bits per heavy atom. The zero-order valence-electron chi connectivity index (χ0n) is 11.3. The lowest BCUT2D eigenvalue weighted by molar-refractivity contribution is 0.563. The summed E-state index contributed by atoms with van der Waals surface area (Å²) in [4.78, 5) is 11.0. The fraction of sp³-hybridized carbons (Fsp3) is 0.692. The number of hydrogen-bond donors (Lipinski definition) is 2. The molecule has 0 bridgehead atoms. The number of nitrogens with zero attached hydrogens (tertiary/aromatic N) is 3. The van der Waals surface area contributed by atoms with E-state index in [-0.39, 0.29) is 0 Å². The standard InChI is InChI=1S/C13H23N5/c1-3-4-15-12-7-13(17-10-16-12)18-6-5-14-8-11(2)9-18/h7,10-11,14H,3-6,8-9H2,1-2H3,(H,15,16,17). The van der Waals surface area contributed by atoms with Gasteiger partial charge in [0.25, 0.3) is 0 Å². The van der Waals surface area contributed by atoms with Crippen LogP contribution in [0.4, 0.5) is 11.6 Å². The van der Waals surface area contributed by atoms with Gasteiger partial charge in [0.05, 0.1) is 0 Å². The minimum Gasteiger partial charge on any atom is -0.370 e. The van der Waals surface area contributed by atoms with E-state index in [1.165, 1.54) is 0 Å². The highest BCUT2D eigenvalue weighted by Crippen LogP contribution is 2.16. The maximum absolute atomic E-state index is 4.39. The first-order chi connectivity index (χ1) is 8.79. The normalized spacial score (nSPS) is 20.6. The predicted octanol–water partition coefficient (Wildman–Crippen LogP) is 1.34. The lowest BCUT2D eigenvalue weighted by atomic mass is 10.2. The molecule has 1 unspecified atom stereocenters. The monoisotopic (exact) mass is 249 g/mol. The maximum atomic E-state index is 4.39. The molecule has 5 heteroatoms. The van der Waals surface area contributed by atoms with Crippen molar-refractivity contribution in [3.8, 4) is 0 Å². The largest absolute Gasteiger partial charge is 0.370 e. The molecule has 2 N–H and O–H groups in total. The summed E-state index contributed by atoms with van der Waals surface area (Å²) in [6.07, 6.45) is 2.75. The van der Waals surface area contributed by atoms with E-state index in [9.17, 15) is 0 Å². The minimum atomic E-state index is 0.648. The van der Waals surface area contributed by atoms with E-state index in [1.54, 1.807) is 6.33 Å². The van der Waals surface area contributed by atoms with Crippen LogP contribution in [-0.2, 0) is 0 Å². The van der Waals surface area contributed by atoms with E-state index in [0.717, 1.165) is 50.8 Å². The second-order valence-corrected chi connectivity index (χ2v) is 4.94. The van der Waals surface area contributed by atoms with Gasteiger partial charge in [-0.3, -0.25) is 0 Å². The van der Waals surface area contributed by atoms with Crippen molar-refractivity contribution in [3.63, 3.8) is 0 Å². The smallest absolute Gasteiger partial charge is 0.134 e.